The van der Waals surface area contributed by atoms with Gasteiger partial charge in [0.2, 0.25) is 11.8 Å². The normalized spacial score (nSPS) is 11.7. The summed E-state index contributed by atoms with van der Waals surface area (Å²) in [6.45, 7) is 0. The van der Waals surface area contributed by atoms with Crippen molar-refractivity contribution in [2.24, 2.45) is 11.8 Å². The zero-order chi connectivity index (χ0) is 40.0. The summed E-state index contributed by atoms with van der Waals surface area (Å²) in [6.07, 6.45) is 1.84. The Morgan fingerprint density at radius 3 is 1.75 bits per heavy atom. The van der Waals surface area contributed by atoms with Gasteiger partial charge in [-0.15, -0.1) is 11.3 Å². The predicted octanol–water partition coefficient (Wildman–Crippen LogP) is 9.43. The molecule has 0 saturated carbocycles. The molecule has 6 rings (SSSR count). The Kier molecular flexibility index (Phi) is 14.9. The molecule has 0 aliphatic heterocycles. The Morgan fingerprint density at radius 2 is 1.21 bits per heavy atom. The summed E-state index contributed by atoms with van der Waals surface area (Å²) in [6, 6.07) is 37.0. The van der Waals surface area contributed by atoms with Crippen LogP contribution in [0.3, 0.4) is 0 Å². The van der Waals surface area contributed by atoms with Crippen LogP contribution < -0.4 is 10.2 Å². The first-order valence-electron chi connectivity index (χ1n) is 17.5. The van der Waals surface area contributed by atoms with Gasteiger partial charge in [-0.2, -0.15) is 0 Å². The van der Waals surface area contributed by atoms with Crippen molar-refractivity contribution in [1.29, 1.82) is 0 Å². The molecule has 10 nitrogen and oxygen atoms in total. The number of carbonyl (C=O) groups is 4. The fourth-order valence-corrected chi connectivity index (χ4v) is 7.13. The van der Waals surface area contributed by atoms with Gasteiger partial charge in [0.1, 0.15) is 5.82 Å². The number of thiazole rings is 1. The fraction of sp³-hybridized carbons (Fsp3) is 0.163. The van der Waals surface area contributed by atoms with E-state index in [9.17, 15) is 24.3 Å². The molecule has 56 heavy (non-hydrogen) atoms. The minimum absolute atomic E-state index is 0.235. The van der Waals surface area contributed by atoms with Crippen LogP contribution in [-0.4, -0.2) is 51.0 Å². The first-order valence-corrected chi connectivity index (χ1v) is 19.1. The summed E-state index contributed by atoms with van der Waals surface area (Å²) in [4.78, 5) is 58.3. The highest BCUT2D eigenvalue weighted by Crippen LogP contribution is 2.32. The van der Waals surface area contributed by atoms with Gasteiger partial charge in [0.25, 0.3) is 0 Å². The van der Waals surface area contributed by atoms with Crippen molar-refractivity contribution in [3.63, 3.8) is 0 Å². The van der Waals surface area contributed by atoms with Gasteiger partial charge in [0, 0.05) is 45.4 Å². The second-order valence-corrected chi connectivity index (χ2v) is 14.4. The number of benzene rings is 4. The Bertz CT molecular complexity index is 2250. The van der Waals surface area contributed by atoms with Crippen LogP contribution in [0.5, 0.6) is 0 Å². The number of aliphatic carboxylic acids is 2. The Balaban J connectivity index is 0.000000214. The van der Waals surface area contributed by atoms with Gasteiger partial charge in [-0.05, 0) is 48.2 Å². The summed E-state index contributed by atoms with van der Waals surface area (Å²) in [5.74, 6) is -3.65. The number of halogens is 2. The molecule has 0 saturated heterocycles. The first-order chi connectivity index (χ1) is 27.0. The number of nitrogens with zero attached hydrogens (tertiary/aromatic N) is 3. The molecule has 2 amide bonds. The third-order valence-electron chi connectivity index (χ3n) is 8.67. The Hall–Kier alpha value is -5.88. The van der Waals surface area contributed by atoms with Gasteiger partial charge >= 0.3 is 11.9 Å². The molecular formula is C43H38Cl2N4O6S. The van der Waals surface area contributed by atoms with Gasteiger partial charge in [-0.1, -0.05) is 120 Å². The minimum Gasteiger partial charge on any atom is -0.481 e. The topological polar surface area (TPSA) is 150 Å². The molecule has 0 aliphatic rings. The number of rotatable bonds is 14. The number of hydrogen-bond acceptors (Lipinski definition) is 7. The molecule has 2 aromatic heterocycles. The number of nitrogens with one attached hydrogen (secondary N) is 1. The van der Waals surface area contributed by atoms with Crippen molar-refractivity contribution >= 4 is 69.2 Å². The van der Waals surface area contributed by atoms with E-state index in [4.69, 9.17) is 28.3 Å². The molecule has 13 heteroatoms. The molecule has 4 aromatic carbocycles. The molecule has 0 radical (unpaired) electrons. The number of amides is 2. The number of hydrogen-bond donors (Lipinski definition) is 3. The highest BCUT2D eigenvalue weighted by molar-refractivity contribution is 7.14. The number of carboxylic acid groups (broad SMARTS) is 2. The van der Waals surface area contributed by atoms with Gasteiger partial charge in [-0.25, -0.2) is 9.97 Å². The van der Waals surface area contributed by atoms with Crippen molar-refractivity contribution in [2.45, 2.75) is 25.7 Å². The molecular weight excluding hydrogens is 771 g/mol. The average Bonchev–Trinajstić information content (AvgIpc) is 3.68. The Morgan fingerprint density at radius 1 is 0.696 bits per heavy atom. The van der Waals surface area contributed by atoms with Crippen LogP contribution in [0.25, 0.3) is 22.4 Å². The van der Waals surface area contributed by atoms with Crippen LogP contribution >= 0.6 is 34.5 Å². The van der Waals surface area contributed by atoms with Gasteiger partial charge in [-0.3, -0.25) is 24.1 Å². The van der Waals surface area contributed by atoms with E-state index >= 15 is 0 Å². The lowest BCUT2D eigenvalue weighted by Crippen LogP contribution is -2.35. The number of carbonyl (C=O) groups excluding carboxylic acids is 2. The lowest BCUT2D eigenvalue weighted by molar-refractivity contribution is -0.140. The van der Waals surface area contributed by atoms with Crippen LogP contribution in [0.1, 0.15) is 24.0 Å². The van der Waals surface area contributed by atoms with Crippen LogP contribution in [-0.2, 0) is 32.0 Å². The van der Waals surface area contributed by atoms with Gasteiger partial charge in [0.05, 0.1) is 30.4 Å². The van der Waals surface area contributed by atoms with E-state index in [2.05, 4.69) is 15.3 Å². The van der Waals surface area contributed by atoms with Crippen LogP contribution in [0.4, 0.5) is 10.9 Å². The standard InChI is InChI=1S/C22H19ClN2O3.C21H19ClN2O3S/c23-19-9-5-4-8-18(19)16-10-11-20(24-14-16)25-22(28)17(13-21(26)27)12-15-6-2-1-3-7-15;1-24(21-23-18(13-28-21)16-9-5-6-10-17(16)22)20(27)15(12-19(25)26)11-14-7-3-2-4-8-14/h1-11,14,17H,12-13H2,(H,26,27)(H,24,25,28);2-10,13,15H,11-12H2,1H3,(H,25,26)/t17-;15-/m11/s1. The molecule has 286 valence electrons. The summed E-state index contributed by atoms with van der Waals surface area (Å²) < 4.78 is 0. The second kappa shape index (κ2) is 20.2. The molecule has 0 bridgehead atoms. The number of anilines is 2. The van der Waals surface area contributed by atoms with Crippen molar-refractivity contribution in [3.05, 3.63) is 154 Å². The van der Waals surface area contributed by atoms with Gasteiger partial charge < -0.3 is 15.5 Å². The van der Waals surface area contributed by atoms with E-state index in [1.54, 1.807) is 31.4 Å². The second-order valence-electron chi connectivity index (χ2n) is 12.8. The van der Waals surface area contributed by atoms with Crippen molar-refractivity contribution < 1.29 is 29.4 Å². The zero-order valence-electron chi connectivity index (χ0n) is 30.2. The lowest BCUT2D eigenvalue weighted by atomic mass is 9.95. The molecule has 0 spiro atoms. The Labute approximate surface area is 338 Å². The third-order valence-corrected chi connectivity index (χ3v) is 10.2. The molecule has 0 unspecified atom stereocenters. The SMILES string of the molecule is CN(C(=O)[C@@H](CC(=O)O)Cc1ccccc1)c1nc(-c2ccccc2Cl)cs1.O=C(O)C[C@@H](Cc1ccccc1)C(=O)Nc1ccc(-c2ccccc2Cl)cn1. The van der Waals surface area contributed by atoms with Crippen molar-refractivity contribution in [3.8, 4) is 22.4 Å². The number of aromatic nitrogens is 2. The molecule has 0 fully saturated rings. The van der Waals surface area contributed by atoms with Crippen molar-refractivity contribution in [1.82, 2.24) is 9.97 Å². The van der Waals surface area contributed by atoms with Crippen molar-refractivity contribution in [2.75, 3.05) is 17.3 Å². The highest BCUT2D eigenvalue weighted by atomic mass is 35.5. The van der Waals surface area contributed by atoms with E-state index in [0.717, 1.165) is 27.8 Å². The maximum atomic E-state index is 13.0. The van der Waals surface area contributed by atoms with E-state index in [1.165, 1.54) is 16.2 Å². The average molecular weight is 810 g/mol. The molecule has 0 aliphatic carbocycles. The number of carboxylic acids is 2. The summed E-state index contributed by atoms with van der Waals surface area (Å²) in [5.41, 5.74) is 4.98. The quantitative estimate of drug-likeness (QED) is 0.0986. The number of pyridine rings is 1. The molecule has 3 N–H and O–H groups in total. The summed E-state index contributed by atoms with van der Waals surface area (Å²) >= 11 is 13.7. The lowest BCUT2D eigenvalue weighted by Gasteiger charge is -2.21. The minimum atomic E-state index is -1.02. The van der Waals surface area contributed by atoms with Crippen LogP contribution in [0.15, 0.2) is 133 Å². The highest BCUT2D eigenvalue weighted by Gasteiger charge is 2.28. The van der Waals surface area contributed by atoms with Crippen LogP contribution in [0, 0.1) is 11.8 Å². The zero-order valence-corrected chi connectivity index (χ0v) is 32.5. The predicted molar refractivity (Wildman–Crippen MR) is 221 cm³/mol. The third kappa shape index (κ3) is 11.8. The largest absolute Gasteiger partial charge is 0.481 e. The molecule has 2 heterocycles. The van der Waals surface area contributed by atoms with Crippen LogP contribution in [0.2, 0.25) is 10.0 Å². The smallest absolute Gasteiger partial charge is 0.304 e. The van der Waals surface area contributed by atoms with E-state index in [1.807, 2.05) is 109 Å². The maximum absolute atomic E-state index is 13.0. The van der Waals surface area contributed by atoms with E-state index in [-0.39, 0.29) is 24.7 Å². The first kappa shape index (κ1) is 41.3. The van der Waals surface area contributed by atoms with E-state index in [0.29, 0.717) is 39.5 Å². The summed E-state index contributed by atoms with van der Waals surface area (Å²) in [5, 5.41) is 24.7. The maximum Gasteiger partial charge on any atom is 0.304 e. The van der Waals surface area contributed by atoms with Gasteiger partial charge in [0.15, 0.2) is 5.13 Å². The molecule has 6 aromatic rings. The monoisotopic (exact) mass is 808 g/mol. The fourth-order valence-electron chi connectivity index (χ4n) is 5.85. The molecule has 2 atom stereocenters. The summed E-state index contributed by atoms with van der Waals surface area (Å²) in [7, 11) is 1.62. The van der Waals surface area contributed by atoms with E-state index < -0.39 is 23.8 Å².